The molecule has 2 atom stereocenters. The molecule has 1 aliphatic carbocycles. The Labute approximate surface area is 80.5 Å². The van der Waals surface area contributed by atoms with E-state index in [1.165, 1.54) is 0 Å². The molecule has 0 radical (unpaired) electrons. The number of halogens is 1. The summed E-state index contributed by atoms with van der Waals surface area (Å²) in [6.45, 7) is 0. The van der Waals surface area contributed by atoms with Crippen molar-refractivity contribution in [3.8, 4) is 0 Å². The maximum atomic E-state index is 11.0. The minimum absolute atomic E-state index is 0.0768. The maximum absolute atomic E-state index is 11.0. The molecule has 0 bridgehead atoms. The molecule has 0 spiro atoms. The Morgan fingerprint density at radius 3 is 2.58 bits per heavy atom. The van der Waals surface area contributed by atoms with Crippen LogP contribution in [0.2, 0.25) is 0 Å². The molecule has 6 heteroatoms. The third kappa shape index (κ3) is 3.01. The number of nitrogens with one attached hydrogen (secondary N) is 1. The van der Waals surface area contributed by atoms with Crippen LogP contribution in [0.3, 0.4) is 0 Å². The zero-order valence-electron chi connectivity index (χ0n) is 6.53. The van der Waals surface area contributed by atoms with Crippen molar-refractivity contribution < 1.29 is 13.5 Å². The third-order valence-corrected chi connectivity index (χ3v) is 4.68. The van der Waals surface area contributed by atoms with Crippen molar-refractivity contribution >= 4 is 26.0 Å². The zero-order valence-corrected chi connectivity index (χ0v) is 8.94. The molecule has 12 heavy (non-hydrogen) atoms. The Kier molecular flexibility index (Phi) is 3.51. The summed E-state index contributed by atoms with van der Waals surface area (Å²) in [6, 6.07) is -0.0810. The van der Waals surface area contributed by atoms with Gasteiger partial charge in [0, 0.05) is 6.04 Å². The topological polar surface area (TPSA) is 66.4 Å². The summed E-state index contributed by atoms with van der Waals surface area (Å²) >= 11 is 2.88. The fraction of sp³-hybridized carbons (Fsp3) is 1.00. The summed E-state index contributed by atoms with van der Waals surface area (Å²) < 4.78 is 24.5. The molecule has 2 N–H and O–H groups in total. The molecular weight excluding hydrogens is 246 g/mol. The van der Waals surface area contributed by atoms with Crippen LogP contribution in [0.4, 0.5) is 0 Å². The average Bonchev–Trinajstić information content (AvgIpc) is 2.35. The van der Waals surface area contributed by atoms with Gasteiger partial charge in [0.25, 0.3) is 0 Å². The number of hydrogen-bond acceptors (Lipinski definition) is 3. The largest absolute Gasteiger partial charge is 0.393 e. The van der Waals surface area contributed by atoms with Gasteiger partial charge in [0.05, 0.1) is 6.10 Å². The van der Waals surface area contributed by atoms with Crippen molar-refractivity contribution in [2.75, 3.05) is 4.66 Å². The van der Waals surface area contributed by atoms with Crippen molar-refractivity contribution in [2.24, 2.45) is 0 Å². The molecule has 0 aliphatic heterocycles. The lowest BCUT2D eigenvalue weighted by Gasteiger charge is -2.10. The van der Waals surface area contributed by atoms with Crippen LogP contribution < -0.4 is 4.72 Å². The predicted octanol–water partition coefficient (Wildman–Crippen LogP) is 0.172. The number of aliphatic hydroxyl groups excluding tert-OH is 1. The first-order valence-electron chi connectivity index (χ1n) is 3.77. The van der Waals surface area contributed by atoms with Crippen LogP contribution in [-0.4, -0.2) is 30.3 Å². The molecule has 0 saturated heterocycles. The summed E-state index contributed by atoms with van der Waals surface area (Å²) in [6.07, 6.45) is 1.61. The van der Waals surface area contributed by atoms with E-state index >= 15 is 0 Å². The van der Waals surface area contributed by atoms with E-state index in [1.807, 2.05) is 0 Å². The first kappa shape index (κ1) is 10.4. The molecule has 0 aromatic carbocycles. The van der Waals surface area contributed by atoms with Gasteiger partial charge in [0.15, 0.2) is 0 Å². The minimum Gasteiger partial charge on any atom is -0.393 e. The standard InChI is InChI=1S/C6H12BrNO3S/c7-4-12(10,11)8-5-1-2-6(9)3-5/h5-6,8-9H,1-4H2/t5-,6+/m0/s1. The number of rotatable bonds is 3. The van der Waals surface area contributed by atoms with Gasteiger partial charge < -0.3 is 5.11 Å². The quantitative estimate of drug-likeness (QED) is 0.709. The summed E-state index contributed by atoms with van der Waals surface area (Å²) in [4.78, 5) is 0. The van der Waals surface area contributed by atoms with Gasteiger partial charge in [-0.15, -0.1) is 0 Å². The Morgan fingerprint density at radius 1 is 1.50 bits per heavy atom. The van der Waals surface area contributed by atoms with Gasteiger partial charge in [-0.05, 0) is 19.3 Å². The number of hydrogen-bond donors (Lipinski definition) is 2. The predicted molar refractivity (Wildman–Crippen MR) is 49.5 cm³/mol. The normalized spacial score (nSPS) is 30.8. The van der Waals surface area contributed by atoms with Crippen molar-refractivity contribution in [3.63, 3.8) is 0 Å². The smallest absolute Gasteiger partial charge is 0.221 e. The molecule has 1 aliphatic rings. The van der Waals surface area contributed by atoms with Gasteiger partial charge in [0.1, 0.15) is 4.66 Å². The van der Waals surface area contributed by atoms with Crippen LogP contribution in [-0.2, 0) is 10.0 Å². The minimum atomic E-state index is -3.17. The fourth-order valence-corrected chi connectivity index (χ4v) is 2.53. The lowest BCUT2D eigenvalue weighted by molar-refractivity contribution is 0.181. The second-order valence-corrected chi connectivity index (χ2v) is 6.06. The molecule has 0 unspecified atom stereocenters. The third-order valence-electron chi connectivity index (χ3n) is 1.89. The van der Waals surface area contributed by atoms with Gasteiger partial charge in [-0.1, -0.05) is 15.9 Å². The molecule has 72 valence electrons. The molecular formula is C6H12BrNO3S. The van der Waals surface area contributed by atoms with Crippen molar-refractivity contribution in [1.29, 1.82) is 0 Å². The molecule has 0 aromatic heterocycles. The van der Waals surface area contributed by atoms with E-state index < -0.39 is 10.0 Å². The monoisotopic (exact) mass is 257 g/mol. The highest BCUT2D eigenvalue weighted by Crippen LogP contribution is 2.19. The first-order chi connectivity index (χ1) is 5.53. The van der Waals surface area contributed by atoms with Gasteiger partial charge in [0.2, 0.25) is 10.0 Å². The van der Waals surface area contributed by atoms with Gasteiger partial charge in [-0.3, -0.25) is 0 Å². The van der Waals surface area contributed by atoms with Crippen LogP contribution in [0.5, 0.6) is 0 Å². The average molecular weight is 258 g/mol. The van der Waals surface area contributed by atoms with Crippen LogP contribution in [0.15, 0.2) is 0 Å². The van der Waals surface area contributed by atoms with E-state index in [4.69, 9.17) is 5.11 Å². The second-order valence-electron chi connectivity index (χ2n) is 3.01. The molecule has 0 heterocycles. The highest BCUT2D eigenvalue weighted by atomic mass is 79.9. The van der Waals surface area contributed by atoms with Crippen molar-refractivity contribution in [3.05, 3.63) is 0 Å². The first-order valence-corrected chi connectivity index (χ1v) is 6.55. The lowest BCUT2D eigenvalue weighted by atomic mass is 10.3. The van der Waals surface area contributed by atoms with Crippen LogP contribution in [0.1, 0.15) is 19.3 Å². The summed E-state index contributed by atoms with van der Waals surface area (Å²) in [7, 11) is -3.17. The second kappa shape index (κ2) is 4.04. The molecule has 1 saturated carbocycles. The van der Waals surface area contributed by atoms with E-state index in [9.17, 15) is 8.42 Å². The Balaban J connectivity index is 2.43. The lowest BCUT2D eigenvalue weighted by Crippen LogP contribution is -2.33. The Hall–Kier alpha value is 0.350. The van der Waals surface area contributed by atoms with E-state index in [1.54, 1.807) is 0 Å². The molecule has 1 rings (SSSR count). The summed E-state index contributed by atoms with van der Waals surface area (Å²) in [5.74, 6) is 0. The van der Waals surface area contributed by atoms with E-state index in [0.717, 1.165) is 6.42 Å². The van der Waals surface area contributed by atoms with Gasteiger partial charge >= 0.3 is 0 Å². The number of alkyl halides is 1. The number of aliphatic hydroxyl groups is 1. The maximum Gasteiger partial charge on any atom is 0.221 e. The van der Waals surface area contributed by atoms with Crippen LogP contribution in [0.25, 0.3) is 0 Å². The van der Waals surface area contributed by atoms with Crippen LogP contribution in [0, 0.1) is 0 Å². The van der Waals surface area contributed by atoms with Gasteiger partial charge in [-0.2, -0.15) is 0 Å². The van der Waals surface area contributed by atoms with Crippen LogP contribution >= 0.6 is 15.9 Å². The van der Waals surface area contributed by atoms with E-state index in [2.05, 4.69) is 20.7 Å². The highest BCUT2D eigenvalue weighted by Gasteiger charge is 2.25. The molecule has 4 nitrogen and oxygen atoms in total. The van der Waals surface area contributed by atoms with E-state index in [0.29, 0.717) is 12.8 Å². The SMILES string of the molecule is O=S(=O)(CBr)N[C@H]1CC[C@@H](O)C1. The molecule has 0 aromatic rings. The Bertz CT molecular complexity index is 241. The summed E-state index contributed by atoms with van der Waals surface area (Å²) in [5.41, 5.74) is 0. The summed E-state index contributed by atoms with van der Waals surface area (Å²) in [5, 5.41) is 9.12. The highest BCUT2D eigenvalue weighted by molar-refractivity contribution is 9.10. The van der Waals surface area contributed by atoms with Crippen molar-refractivity contribution in [1.82, 2.24) is 4.72 Å². The molecule has 1 fully saturated rings. The van der Waals surface area contributed by atoms with Gasteiger partial charge in [-0.25, -0.2) is 13.1 Å². The van der Waals surface area contributed by atoms with Crippen molar-refractivity contribution in [2.45, 2.75) is 31.4 Å². The molecule has 0 amide bonds. The fourth-order valence-electron chi connectivity index (χ4n) is 1.35. The number of sulfonamides is 1. The zero-order chi connectivity index (χ0) is 9.19. The van der Waals surface area contributed by atoms with E-state index in [-0.39, 0.29) is 16.8 Å². The Morgan fingerprint density at radius 2 is 2.17 bits per heavy atom.